The Bertz CT molecular complexity index is 284. The summed E-state index contributed by atoms with van der Waals surface area (Å²) < 4.78 is 60.5. The van der Waals surface area contributed by atoms with Crippen molar-refractivity contribution in [1.29, 1.82) is 0 Å². The molecular formula is C2H4Na2O7S2. The molecule has 0 atom stereocenters. The van der Waals surface area contributed by atoms with Crippen LogP contribution in [0.15, 0.2) is 0 Å². The Morgan fingerprint density at radius 1 is 1.00 bits per heavy atom. The molecule has 0 saturated heterocycles. The molecule has 0 heterocycles. The third kappa shape index (κ3) is 7.68. The summed E-state index contributed by atoms with van der Waals surface area (Å²) in [5.74, 6) is 0. The van der Waals surface area contributed by atoms with E-state index in [1.165, 1.54) is 0 Å². The molecule has 13 heavy (non-hydrogen) atoms. The van der Waals surface area contributed by atoms with Gasteiger partial charge in [0.25, 0.3) is 0 Å². The minimum absolute atomic E-state index is 0. The Kier molecular flexibility index (Phi) is 11.1. The third-order valence-corrected chi connectivity index (χ3v) is 3.41. The normalized spacial score (nSPS) is 11.7. The summed E-state index contributed by atoms with van der Waals surface area (Å²) in [6, 6.07) is 0. The van der Waals surface area contributed by atoms with Gasteiger partial charge in [-0.3, -0.25) is 0 Å². The van der Waals surface area contributed by atoms with Gasteiger partial charge in [0, 0.05) is 7.11 Å². The van der Waals surface area contributed by atoms with Gasteiger partial charge < -0.3 is 13.8 Å². The fraction of sp³-hybridized carbons (Fsp3) is 1.00. The van der Waals surface area contributed by atoms with Gasteiger partial charge in [0.15, 0.2) is 0 Å². The van der Waals surface area contributed by atoms with Crippen molar-refractivity contribution in [2.75, 3.05) is 7.11 Å². The molecule has 0 aliphatic rings. The first-order valence-electron chi connectivity index (χ1n) is 2.12. The molecule has 0 fully saturated rings. The van der Waals surface area contributed by atoms with Gasteiger partial charge in [0.1, 0.15) is 20.2 Å². The fourth-order valence-electron chi connectivity index (χ4n) is 0.380. The van der Waals surface area contributed by atoms with E-state index in [4.69, 9.17) is 0 Å². The van der Waals surface area contributed by atoms with E-state index >= 15 is 0 Å². The van der Waals surface area contributed by atoms with Crippen LogP contribution in [0.3, 0.4) is 0 Å². The summed E-state index contributed by atoms with van der Waals surface area (Å²) in [7, 11) is -9.86. The molecule has 0 aromatic heterocycles. The van der Waals surface area contributed by atoms with Gasteiger partial charge in [0.05, 0.1) is 0 Å². The summed E-state index contributed by atoms with van der Waals surface area (Å²) in [4.78, 5) is 0. The van der Waals surface area contributed by atoms with Gasteiger partial charge in [-0.05, 0) is 0 Å². The van der Waals surface area contributed by atoms with Crippen LogP contribution >= 0.6 is 0 Å². The van der Waals surface area contributed by atoms with E-state index in [-0.39, 0.29) is 59.1 Å². The number of hydrogen-bond donors (Lipinski definition) is 0. The SMILES string of the molecule is COC(S(=O)(=O)[O-])S(=O)(=O)[O-].[Na+].[Na+]. The van der Waals surface area contributed by atoms with Gasteiger partial charge in [-0.15, -0.1) is 0 Å². The molecule has 0 unspecified atom stereocenters. The molecule has 11 heteroatoms. The van der Waals surface area contributed by atoms with E-state index < -0.39 is 25.0 Å². The van der Waals surface area contributed by atoms with Crippen LogP contribution in [0.1, 0.15) is 0 Å². The molecule has 0 N–H and O–H groups in total. The predicted octanol–water partition coefficient (Wildman–Crippen LogP) is -7.99. The minimum Gasteiger partial charge on any atom is -0.745 e. The van der Waals surface area contributed by atoms with Crippen molar-refractivity contribution in [2.45, 2.75) is 4.77 Å². The van der Waals surface area contributed by atoms with Crippen LogP contribution in [0.2, 0.25) is 0 Å². The summed E-state index contributed by atoms with van der Waals surface area (Å²) in [6.07, 6.45) is 0. The van der Waals surface area contributed by atoms with E-state index in [2.05, 4.69) is 4.74 Å². The Hall–Kier alpha value is 1.78. The molecular weight excluding hydrogens is 246 g/mol. The second-order valence-electron chi connectivity index (χ2n) is 1.51. The zero-order valence-corrected chi connectivity index (χ0v) is 12.9. The molecule has 68 valence electrons. The Labute approximate surface area is 120 Å². The molecule has 0 aliphatic carbocycles. The van der Waals surface area contributed by atoms with Crippen LogP contribution in [-0.2, 0) is 25.0 Å². The largest absolute Gasteiger partial charge is 1.00 e. The summed E-state index contributed by atoms with van der Waals surface area (Å²) in [5, 5.41) is 0. The zero-order chi connectivity index (χ0) is 9.28. The summed E-state index contributed by atoms with van der Waals surface area (Å²) in [6.45, 7) is 0. The first-order valence-corrected chi connectivity index (χ1v) is 5.06. The maximum Gasteiger partial charge on any atom is 1.00 e. The van der Waals surface area contributed by atoms with Crippen molar-refractivity contribution >= 4 is 20.2 Å². The van der Waals surface area contributed by atoms with Gasteiger partial charge >= 0.3 is 59.1 Å². The second kappa shape index (κ2) is 7.12. The van der Waals surface area contributed by atoms with Crippen molar-refractivity contribution in [3.05, 3.63) is 0 Å². The van der Waals surface area contributed by atoms with E-state index in [0.29, 0.717) is 7.11 Å². The smallest absolute Gasteiger partial charge is 0.745 e. The van der Waals surface area contributed by atoms with Gasteiger partial charge in [-0.1, -0.05) is 0 Å². The monoisotopic (exact) mass is 250 g/mol. The third-order valence-electron chi connectivity index (χ3n) is 0.664. The van der Waals surface area contributed by atoms with Crippen molar-refractivity contribution in [2.24, 2.45) is 0 Å². The van der Waals surface area contributed by atoms with Crippen molar-refractivity contribution in [3.8, 4) is 0 Å². The minimum atomic E-state index is -5.25. The van der Waals surface area contributed by atoms with Crippen LogP contribution in [0.5, 0.6) is 0 Å². The topological polar surface area (TPSA) is 124 Å². The second-order valence-corrected chi connectivity index (χ2v) is 4.64. The standard InChI is InChI=1S/C2H6O7S2.2Na/c1-9-2(10(3,4)5)11(6,7)8;;/h2H,1H3,(H,3,4,5)(H,6,7,8);;/q;2*+1/p-2. The number of hydrogen-bond acceptors (Lipinski definition) is 7. The van der Waals surface area contributed by atoms with E-state index in [1.807, 2.05) is 0 Å². The molecule has 7 nitrogen and oxygen atoms in total. The first kappa shape index (κ1) is 20.2. The Morgan fingerprint density at radius 3 is 1.23 bits per heavy atom. The van der Waals surface area contributed by atoms with Crippen LogP contribution < -0.4 is 59.1 Å². The van der Waals surface area contributed by atoms with Crippen LogP contribution in [0, 0.1) is 0 Å². The molecule has 0 spiro atoms. The van der Waals surface area contributed by atoms with E-state index in [1.54, 1.807) is 0 Å². The van der Waals surface area contributed by atoms with Crippen molar-refractivity contribution < 1.29 is 89.8 Å². The van der Waals surface area contributed by atoms with Crippen molar-refractivity contribution in [1.82, 2.24) is 0 Å². The molecule has 0 aliphatic heterocycles. The van der Waals surface area contributed by atoms with Crippen LogP contribution in [0.4, 0.5) is 0 Å². The maximum atomic E-state index is 9.95. The molecule has 0 saturated carbocycles. The molecule has 0 bridgehead atoms. The summed E-state index contributed by atoms with van der Waals surface area (Å²) >= 11 is 0. The Morgan fingerprint density at radius 2 is 1.23 bits per heavy atom. The van der Waals surface area contributed by atoms with Gasteiger partial charge in [-0.25, -0.2) is 16.8 Å². The molecule has 0 amide bonds. The molecule has 0 aromatic rings. The maximum absolute atomic E-state index is 9.95. The summed E-state index contributed by atoms with van der Waals surface area (Å²) in [5.41, 5.74) is 0. The number of rotatable bonds is 3. The average molecular weight is 250 g/mol. The van der Waals surface area contributed by atoms with Crippen LogP contribution in [-0.4, -0.2) is 37.8 Å². The zero-order valence-electron chi connectivity index (χ0n) is 7.25. The molecule has 0 radical (unpaired) electrons. The van der Waals surface area contributed by atoms with Gasteiger partial charge in [0.2, 0.25) is 4.77 Å². The predicted molar refractivity (Wildman–Crippen MR) is 30.2 cm³/mol. The van der Waals surface area contributed by atoms with E-state index in [9.17, 15) is 25.9 Å². The van der Waals surface area contributed by atoms with E-state index in [0.717, 1.165) is 0 Å². The first-order chi connectivity index (χ1) is 4.69. The average Bonchev–Trinajstić information content (AvgIpc) is 1.56. The quantitative estimate of drug-likeness (QED) is 0.360. The number of ether oxygens (including phenoxy) is 1. The van der Waals surface area contributed by atoms with Crippen LogP contribution in [0.25, 0.3) is 0 Å². The van der Waals surface area contributed by atoms with Gasteiger partial charge in [-0.2, -0.15) is 0 Å². The molecule has 0 rings (SSSR count). The Balaban J connectivity index is -0.000000500. The number of methoxy groups -OCH3 is 1. The van der Waals surface area contributed by atoms with Crippen molar-refractivity contribution in [3.63, 3.8) is 0 Å². The molecule has 0 aromatic carbocycles. The fourth-order valence-corrected chi connectivity index (χ4v) is 2.01.